The number of rotatable bonds is 3. The second kappa shape index (κ2) is 5.27. The van der Waals surface area contributed by atoms with Crippen molar-refractivity contribution in [3.05, 3.63) is 52.3 Å². The Bertz CT molecular complexity index is 552. The zero-order valence-corrected chi connectivity index (χ0v) is 10.9. The smallest absolute Gasteiger partial charge is 0.157 e. The first-order chi connectivity index (χ1) is 8.56. The van der Waals surface area contributed by atoms with Gasteiger partial charge in [0.25, 0.3) is 0 Å². The number of phenolic OH excluding ortho intramolecular Hbond substituents is 1. The molecule has 3 N–H and O–H groups in total. The highest BCUT2D eigenvalue weighted by molar-refractivity contribution is 9.10. The van der Waals surface area contributed by atoms with Gasteiger partial charge in [-0.15, -0.1) is 0 Å². The molecule has 0 aliphatic rings. The Morgan fingerprint density at radius 3 is 2.72 bits per heavy atom. The molecule has 0 spiro atoms. The predicted molar refractivity (Wildman–Crippen MR) is 71.0 cm³/mol. The van der Waals surface area contributed by atoms with Crippen LogP contribution in [0, 0.1) is 5.82 Å². The van der Waals surface area contributed by atoms with Gasteiger partial charge in [0, 0.05) is 6.07 Å². The van der Waals surface area contributed by atoms with Gasteiger partial charge in [-0.1, -0.05) is 12.1 Å². The van der Waals surface area contributed by atoms with E-state index in [-0.39, 0.29) is 18.0 Å². The number of benzene rings is 2. The number of anilines is 1. The molecule has 3 nitrogen and oxygen atoms in total. The summed E-state index contributed by atoms with van der Waals surface area (Å²) in [6.45, 7) is 0.239. The second-order valence-electron chi connectivity index (χ2n) is 3.76. The average molecular weight is 312 g/mol. The van der Waals surface area contributed by atoms with Crippen molar-refractivity contribution < 1.29 is 14.2 Å². The molecular weight excluding hydrogens is 301 g/mol. The molecular formula is C13H11BrFNO2. The van der Waals surface area contributed by atoms with E-state index in [2.05, 4.69) is 15.9 Å². The lowest BCUT2D eigenvalue weighted by atomic mass is 10.2. The number of hydrogen-bond acceptors (Lipinski definition) is 3. The molecule has 5 heteroatoms. The summed E-state index contributed by atoms with van der Waals surface area (Å²) >= 11 is 3.19. The van der Waals surface area contributed by atoms with Crippen LogP contribution in [-0.4, -0.2) is 5.11 Å². The van der Waals surface area contributed by atoms with E-state index in [9.17, 15) is 9.50 Å². The molecule has 0 aliphatic heterocycles. The van der Waals surface area contributed by atoms with Crippen LogP contribution in [0.3, 0.4) is 0 Å². The summed E-state index contributed by atoms with van der Waals surface area (Å²) in [7, 11) is 0. The van der Waals surface area contributed by atoms with Gasteiger partial charge in [-0.3, -0.25) is 0 Å². The molecule has 2 aromatic rings. The quantitative estimate of drug-likeness (QED) is 0.854. The molecule has 2 rings (SSSR count). The fourth-order valence-electron chi connectivity index (χ4n) is 1.53. The number of hydrogen-bond donors (Lipinski definition) is 2. The van der Waals surface area contributed by atoms with Gasteiger partial charge >= 0.3 is 0 Å². The predicted octanol–water partition coefficient (Wildman–Crippen LogP) is 3.46. The van der Waals surface area contributed by atoms with E-state index in [1.165, 1.54) is 12.1 Å². The topological polar surface area (TPSA) is 55.5 Å². The Kier molecular flexibility index (Phi) is 3.72. The largest absolute Gasteiger partial charge is 0.508 e. The van der Waals surface area contributed by atoms with Crippen LogP contribution >= 0.6 is 15.9 Å². The summed E-state index contributed by atoms with van der Waals surface area (Å²) in [5, 5.41) is 9.32. The molecule has 94 valence electrons. The fraction of sp³-hybridized carbons (Fsp3) is 0.0769. The van der Waals surface area contributed by atoms with Crippen LogP contribution in [0.2, 0.25) is 0 Å². The Balaban J connectivity index is 2.16. The lowest BCUT2D eigenvalue weighted by Gasteiger charge is -2.11. The zero-order chi connectivity index (χ0) is 13.1. The van der Waals surface area contributed by atoms with Crippen molar-refractivity contribution in [2.75, 3.05) is 5.73 Å². The van der Waals surface area contributed by atoms with Crippen molar-refractivity contribution in [3.63, 3.8) is 0 Å². The fourth-order valence-corrected chi connectivity index (χ4v) is 2.10. The van der Waals surface area contributed by atoms with E-state index >= 15 is 0 Å². The van der Waals surface area contributed by atoms with Crippen molar-refractivity contribution in [1.82, 2.24) is 0 Å². The average Bonchev–Trinajstić information content (AvgIpc) is 2.27. The maximum absolute atomic E-state index is 13.0. The van der Waals surface area contributed by atoms with Crippen LogP contribution in [0.15, 0.2) is 40.9 Å². The van der Waals surface area contributed by atoms with Gasteiger partial charge in [0.1, 0.15) is 18.2 Å². The first kappa shape index (κ1) is 12.7. The Morgan fingerprint density at radius 2 is 2.06 bits per heavy atom. The molecule has 0 aromatic heterocycles. The van der Waals surface area contributed by atoms with E-state index in [1.807, 2.05) is 6.07 Å². The Morgan fingerprint density at radius 1 is 1.28 bits per heavy atom. The van der Waals surface area contributed by atoms with Gasteiger partial charge < -0.3 is 15.6 Å². The van der Waals surface area contributed by atoms with Gasteiger partial charge in [-0.05, 0) is 39.7 Å². The maximum Gasteiger partial charge on any atom is 0.157 e. The Hall–Kier alpha value is -1.75. The van der Waals surface area contributed by atoms with Crippen molar-refractivity contribution in [2.45, 2.75) is 6.61 Å². The summed E-state index contributed by atoms with van der Waals surface area (Å²) < 4.78 is 19.0. The summed E-state index contributed by atoms with van der Waals surface area (Å²) in [4.78, 5) is 0. The van der Waals surface area contributed by atoms with Crippen LogP contribution in [0.4, 0.5) is 10.1 Å². The highest BCUT2D eigenvalue weighted by Crippen LogP contribution is 2.33. The van der Waals surface area contributed by atoms with Crippen LogP contribution < -0.4 is 10.5 Å². The monoisotopic (exact) mass is 311 g/mol. The van der Waals surface area contributed by atoms with E-state index in [0.717, 1.165) is 5.56 Å². The third-order valence-corrected chi connectivity index (χ3v) is 2.92. The van der Waals surface area contributed by atoms with Crippen molar-refractivity contribution in [3.8, 4) is 11.5 Å². The summed E-state index contributed by atoms with van der Waals surface area (Å²) in [6.07, 6.45) is 0. The molecule has 0 saturated heterocycles. The van der Waals surface area contributed by atoms with Crippen molar-refractivity contribution in [2.24, 2.45) is 0 Å². The van der Waals surface area contributed by atoms with E-state index < -0.39 is 5.82 Å². The molecule has 0 radical (unpaired) electrons. The van der Waals surface area contributed by atoms with Gasteiger partial charge in [-0.25, -0.2) is 4.39 Å². The zero-order valence-electron chi connectivity index (χ0n) is 9.36. The van der Waals surface area contributed by atoms with Crippen LogP contribution in [0.1, 0.15) is 5.56 Å². The number of ether oxygens (including phenoxy) is 1. The number of halogens is 2. The first-order valence-corrected chi connectivity index (χ1v) is 6.01. The van der Waals surface area contributed by atoms with Crippen molar-refractivity contribution >= 4 is 21.6 Å². The van der Waals surface area contributed by atoms with Crippen LogP contribution in [-0.2, 0) is 6.61 Å². The third kappa shape index (κ3) is 2.92. The lowest BCUT2D eigenvalue weighted by molar-refractivity contribution is 0.305. The lowest BCUT2D eigenvalue weighted by Crippen LogP contribution is -2.00. The molecule has 0 unspecified atom stereocenters. The van der Waals surface area contributed by atoms with Gasteiger partial charge in [-0.2, -0.15) is 0 Å². The minimum absolute atomic E-state index is 0.169. The van der Waals surface area contributed by atoms with E-state index in [0.29, 0.717) is 10.2 Å². The highest BCUT2D eigenvalue weighted by Gasteiger charge is 2.09. The first-order valence-electron chi connectivity index (χ1n) is 5.21. The standard InChI is InChI=1S/C13H11BrFNO2/c14-11-5-9(15)6-12(16)13(11)18-7-8-2-1-3-10(17)4-8/h1-6,17H,7,16H2. The molecule has 0 amide bonds. The molecule has 0 fully saturated rings. The van der Waals surface area contributed by atoms with Gasteiger partial charge in [0.2, 0.25) is 0 Å². The molecule has 0 bridgehead atoms. The molecule has 0 heterocycles. The molecule has 0 atom stereocenters. The number of nitrogens with two attached hydrogens (primary N) is 1. The molecule has 18 heavy (non-hydrogen) atoms. The molecule has 0 saturated carbocycles. The van der Waals surface area contributed by atoms with Gasteiger partial charge in [0.15, 0.2) is 5.75 Å². The Labute approximate surface area is 112 Å². The maximum atomic E-state index is 13.0. The summed E-state index contributed by atoms with van der Waals surface area (Å²) in [5.74, 6) is 0.131. The van der Waals surface area contributed by atoms with Crippen molar-refractivity contribution in [1.29, 1.82) is 0 Å². The van der Waals surface area contributed by atoms with E-state index in [1.54, 1.807) is 18.2 Å². The summed E-state index contributed by atoms with van der Waals surface area (Å²) in [6, 6.07) is 9.18. The number of phenols is 1. The minimum Gasteiger partial charge on any atom is -0.508 e. The summed E-state index contributed by atoms with van der Waals surface area (Å²) in [5.41, 5.74) is 6.69. The van der Waals surface area contributed by atoms with Gasteiger partial charge in [0.05, 0.1) is 10.2 Å². The van der Waals surface area contributed by atoms with Crippen LogP contribution in [0.5, 0.6) is 11.5 Å². The third-order valence-electron chi connectivity index (χ3n) is 2.33. The van der Waals surface area contributed by atoms with E-state index in [4.69, 9.17) is 10.5 Å². The highest BCUT2D eigenvalue weighted by atomic mass is 79.9. The second-order valence-corrected chi connectivity index (χ2v) is 4.62. The normalized spacial score (nSPS) is 10.3. The molecule has 2 aromatic carbocycles. The van der Waals surface area contributed by atoms with Crippen LogP contribution in [0.25, 0.3) is 0 Å². The SMILES string of the molecule is Nc1cc(F)cc(Br)c1OCc1cccc(O)c1. The molecule has 0 aliphatic carbocycles. The number of aromatic hydroxyl groups is 1. The number of nitrogen functional groups attached to an aromatic ring is 1. The minimum atomic E-state index is -0.427.